The van der Waals surface area contributed by atoms with Crippen LogP contribution in [-0.4, -0.2) is 41.0 Å². The van der Waals surface area contributed by atoms with Crippen LogP contribution in [0.1, 0.15) is 49.1 Å². The van der Waals surface area contributed by atoms with Gasteiger partial charge in [0.25, 0.3) is 0 Å². The minimum atomic E-state index is -1.03. The van der Waals surface area contributed by atoms with Gasteiger partial charge >= 0.3 is 12.1 Å². The lowest BCUT2D eigenvalue weighted by Gasteiger charge is -2.22. The van der Waals surface area contributed by atoms with E-state index in [0.29, 0.717) is 0 Å². The average molecular weight is 407 g/mol. The van der Waals surface area contributed by atoms with Gasteiger partial charge in [-0.1, -0.05) is 67.8 Å². The number of hydroxylamine groups is 2. The normalized spacial score (nSPS) is 25.2. The summed E-state index contributed by atoms with van der Waals surface area (Å²) in [6, 6.07) is 15.3. The zero-order chi connectivity index (χ0) is 20.7. The van der Waals surface area contributed by atoms with Gasteiger partial charge in [-0.2, -0.15) is 5.06 Å². The molecule has 1 amide bonds. The fraction of sp³-hybridized carbons (Fsp3) is 0.417. The van der Waals surface area contributed by atoms with Gasteiger partial charge in [-0.05, 0) is 35.1 Å². The average Bonchev–Trinajstić information content (AvgIpc) is 3.19. The molecule has 1 saturated carbocycles. The topological polar surface area (TPSA) is 76.1 Å². The number of benzene rings is 2. The van der Waals surface area contributed by atoms with E-state index in [4.69, 9.17) is 9.57 Å². The molecule has 2 aliphatic carbocycles. The SMILES string of the molecule is O=C(O)C1C2CCCCCC2ON1C(=O)OCC1c2ccccc2-c2ccccc21. The summed E-state index contributed by atoms with van der Waals surface area (Å²) in [6.45, 7) is 0.147. The molecule has 3 atom stereocenters. The van der Waals surface area contributed by atoms with E-state index >= 15 is 0 Å². The molecule has 1 N–H and O–H groups in total. The standard InChI is InChI=1S/C24H25NO5/c26-23(27)22-19-12-2-1-3-13-21(19)30-25(22)24(28)29-14-20-17-10-6-4-8-15(17)16-9-5-7-11-18(16)20/h4-11,19-22H,1-3,12-14H2,(H,26,27). The van der Waals surface area contributed by atoms with E-state index in [1.807, 2.05) is 24.3 Å². The summed E-state index contributed by atoms with van der Waals surface area (Å²) in [6.07, 6.45) is 3.63. The Balaban J connectivity index is 1.34. The van der Waals surface area contributed by atoms with Gasteiger partial charge in [0.1, 0.15) is 6.61 Å². The van der Waals surface area contributed by atoms with E-state index in [9.17, 15) is 14.7 Å². The Hall–Kier alpha value is -2.86. The molecule has 2 fully saturated rings. The number of nitrogens with zero attached hydrogens (tertiary/aromatic N) is 1. The van der Waals surface area contributed by atoms with Crippen molar-refractivity contribution in [2.75, 3.05) is 6.61 Å². The van der Waals surface area contributed by atoms with Gasteiger partial charge in [0.15, 0.2) is 6.04 Å². The molecular weight excluding hydrogens is 382 g/mol. The minimum Gasteiger partial charge on any atom is -0.480 e. The highest BCUT2D eigenvalue weighted by Gasteiger charge is 2.50. The lowest BCUT2D eigenvalue weighted by Crippen LogP contribution is -2.43. The molecule has 156 valence electrons. The number of carboxylic acids is 1. The summed E-state index contributed by atoms with van der Waals surface area (Å²) >= 11 is 0. The highest BCUT2D eigenvalue weighted by molar-refractivity contribution is 5.81. The third-order valence-corrected chi connectivity index (χ3v) is 6.68. The van der Waals surface area contributed by atoms with Gasteiger partial charge in [-0.15, -0.1) is 0 Å². The fourth-order valence-electron chi connectivity index (χ4n) is 5.28. The molecule has 1 heterocycles. The lowest BCUT2D eigenvalue weighted by molar-refractivity contribution is -0.165. The van der Waals surface area contributed by atoms with Crippen molar-refractivity contribution in [3.8, 4) is 11.1 Å². The summed E-state index contributed by atoms with van der Waals surface area (Å²) in [7, 11) is 0. The van der Waals surface area contributed by atoms with Gasteiger partial charge in [0.2, 0.25) is 0 Å². The van der Waals surface area contributed by atoms with Crippen LogP contribution in [0.5, 0.6) is 0 Å². The molecule has 30 heavy (non-hydrogen) atoms. The van der Waals surface area contributed by atoms with Crippen molar-refractivity contribution in [2.24, 2.45) is 5.92 Å². The monoisotopic (exact) mass is 407 g/mol. The van der Waals surface area contributed by atoms with Crippen LogP contribution in [0.15, 0.2) is 48.5 Å². The van der Waals surface area contributed by atoms with Gasteiger partial charge in [0.05, 0.1) is 6.10 Å². The lowest BCUT2D eigenvalue weighted by atomic mass is 9.91. The second-order valence-corrected chi connectivity index (χ2v) is 8.36. The number of carbonyl (C=O) groups is 2. The molecule has 0 spiro atoms. The first-order valence-corrected chi connectivity index (χ1v) is 10.7. The van der Waals surface area contributed by atoms with Crippen molar-refractivity contribution < 1.29 is 24.3 Å². The minimum absolute atomic E-state index is 0.0716. The molecule has 0 aromatic heterocycles. The van der Waals surface area contributed by atoms with Crippen LogP contribution >= 0.6 is 0 Å². The van der Waals surface area contributed by atoms with Gasteiger partial charge < -0.3 is 9.84 Å². The molecule has 1 saturated heterocycles. The van der Waals surface area contributed by atoms with Crippen LogP contribution in [0.3, 0.4) is 0 Å². The van der Waals surface area contributed by atoms with Crippen LogP contribution in [0.2, 0.25) is 0 Å². The van der Waals surface area contributed by atoms with Crippen molar-refractivity contribution >= 4 is 12.1 Å². The maximum atomic E-state index is 12.9. The zero-order valence-electron chi connectivity index (χ0n) is 16.7. The number of ether oxygens (including phenoxy) is 1. The maximum Gasteiger partial charge on any atom is 0.434 e. The molecule has 6 heteroatoms. The molecule has 6 nitrogen and oxygen atoms in total. The van der Waals surface area contributed by atoms with Crippen molar-refractivity contribution in [2.45, 2.75) is 50.2 Å². The molecule has 5 rings (SSSR count). The summed E-state index contributed by atoms with van der Waals surface area (Å²) in [5, 5.41) is 10.8. The highest BCUT2D eigenvalue weighted by Crippen LogP contribution is 2.45. The molecule has 0 radical (unpaired) electrons. The van der Waals surface area contributed by atoms with Crippen molar-refractivity contribution in [1.82, 2.24) is 5.06 Å². The van der Waals surface area contributed by atoms with Crippen LogP contribution in [0.4, 0.5) is 4.79 Å². The Morgan fingerprint density at radius 2 is 1.60 bits per heavy atom. The quantitative estimate of drug-likeness (QED) is 0.806. The van der Waals surface area contributed by atoms with Crippen molar-refractivity contribution in [1.29, 1.82) is 0 Å². The third-order valence-electron chi connectivity index (χ3n) is 6.68. The van der Waals surface area contributed by atoms with Crippen molar-refractivity contribution in [3.63, 3.8) is 0 Å². The number of carbonyl (C=O) groups excluding carboxylic acids is 1. The number of rotatable bonds is 3. The van der Waals surface area contributed by atoms with Crippen LogP contribution in [0, 0.1) is 5.92 Å². The van der Waals surface area contributed by atoms with Gasteiger partial charge in [-0.3, -0.25) is 4.84 Å². The summed E-state index contributed by atoms with van der Waals surface area (Å²) in [5.74, 6) is -1.28. The summed E-state index contributed by atoms with van der Waals surface area (Å²) in [4.78, 5) is 30.6. The predicted molar refractivity (Wildman–Crippen MR) is 110 cm³/mol. The molecule has 3 aliphatic rings. The van der Waals surface area contributed by atoms with E-state index in [1.54, 1.807) is 0 Å². The summed E-state index contributed by atoms with van der Waals surface area (Å²) in [5.41, 5.74) is 4.54. The Morgan fingerprint density at radius 1 is 0.967 bits per heavy atom. The molecule has 1 aliphatic heterocycles. The van der Waals surface area contributed by atoms with Gasteiger partial charge in [-0.25, -0.2) is 9.59 Å². The van der Waals surface area contributed by atoms with Crippen LogP contribution < -0.4 is 0 Å². The van der Waals surface area contributed by atoms with Gasteiger partial charge in [0, 0.05) is 11.8 Å². The number of fused-ring (bicyclic) bond motifs is 4. The number of aliphatic carboxylic acids is 1. The van der Waals surface area contributed by atoms with E-state index in [0.717, 1.165) is 59.4 Å². The maximum absolute atomic E-state index is 12.9. The first-order chi connectivity index (χ1) is 14.6. The molecular formula is C24H25NO5. The number of amides is 1. The Kier molecular flexibility index (Phi) is 4.95. The van der Waals surface area contributed by atoms with E-state index < -0.39 is 18.1 Å². The van der Waals surface area contributed by atoms with E-state index in [2.05, 4.69) is 24.3 Å². The zero-order valence-corrected chi connectivity index (χ0v) is 16.7. The second kappa shape index (κ2) is 7.76. The molecule has 2 aromatic rings. The molecule has 3 unspecified atom stereocenters. The van der Waals surface area contributed by atoms with E-state index in [-0.39, 0.29) is 24.5 Å². The third kappa shape index (κ3) is 3.16. The number of hydrogen-bond acceptors (Lipinski definition) is 4. The Labute approximate surface area is 175 Å². The molecule has 0 bridgehead atoms. The number of carboxylic acid groups (broad SMARTS) is 1. The van der Waals surface area contributed by atoms with E-state index in [1.165, 1.54) is 0 Å². The smallest absolute Gasteiger partial charge is 0.434 e. The largest absolute Gasteiger partial charge is 0.480 e. The second-order valence-electron chi connectivity index (χ2n) is 8.36. The van der Waals surface area contributed by atoms with Crippen molar-refractivity contribution in [3.05, 3.63) is 59.7 Å². The highest BCUT2D eigenvalue weighted by atomic mass is 16.7. The first kappa shape index (κ1) is 19.1. The molecule has 2 aromatic carbocycles. The first-order valence-electron chi connectivity index (χ1n) is 10.7. The van der Waals surface area contributed by atoms with Crippen LogP contribution in [-0.2, 0) is 14.4 Å². The Morgan fingerprint density at radius 3 is 2.27 bits per heavy atom. The van der Waals surface area contributed by atoms with Crippen LogP contribution in [0.25, 0.3) is 11.1 Å². The predicted octanol–water partition coefficient (Wildman–Crippen LogP) is 4.58. The Bertz CT molecular complexity index is 928. The summed E-state index contributed by atoms with van der Waals surface area (Å²) < 4.78 is 5.64. The fourth-order valence-corrected chi connectivity index (χ4v) is 5.28. The number of hydrogen-bond donors (Lipinski definition) is 1.